The quantitative estimate of drug-likeness (QED) is 0.775. The van der Waals surface area contributed by atoms with Gasteiger partial charge in [-0.3, -0.25) is 9.59 Å². The normalized spacial score (nSPS) is 17.9. The lowest BCUT2D eigenvalue weighted by molar-refractivity contribution is -0.120. The van der Waals surface area contributed by atoms with Crippen molar-refractivity contribution in [1.82, 2.24) is 4.90 Å². The average Bonchev–Trinajstić information content (AvgIpc) is 2.93. The monoisotopic (exact) mass is 360 g/mol. The second-order valence-corrected chi connectivity index (χ2v) is 7.42. The molecule has 0 radical (unpaired) electrons. The fourth-order valence-electron chi connectivity index (χ4n) is 3.91. The van der Waals surface area contributed by atoms with Gasteiger partial charge in [-0.2, -0.15) is 0 Å². The zero-order chi connectivity index (χ0) is 19.0. The number of aryl methyl sites for hydroxylation is 2. The summed E-state index contributed by atoms with van der Waals surface area (Å²) in [6, 6.07) is 15.4. The number of carbonyl (C=O) groups excluding carboxylic acids is 2. The Hall–Kier alpha value is -2.88. The molecule has 0 N–H and O–H groups in total. The molecule has 1 saturated heterocycles. The summed E-state index contributed by atoms with van der Waals surface area (Å²) in [6.07, 6.45) is 3.28. The van der Waals surface area contributed by atoms with Crippen molar-refractivity contribution in [1.29, 1.82) is 0 Å². The maximum absolute atomic E-state index is 13.4. The maximum Gasteiger partial charge on any atom is 0.282 e. The number of hydrogen-bond acceptors (Lipinski definition) is 3. The van der Waals surface area contributed by atoms with Crippen molar-refractivity contribution in [3.05, 3.63) is 70.9 Å². The minimum Gasteiger partial charge on any atom is -0.366 e. The van der Waals surface area contributed by atoms with Crippen LogP contribution in [-0.2, 0) is 9.59 Å². The second-order valence-electron chi connectivity index (χ2n) is 7.42. The molecule has 0 bridgehead atoms. The molecule has 0 unspecified atom stereocenters. The third-order valence-electron chi connectivity index (χ3n) is 5.33. The van der Waals surface area contributed by atoms with Gasteiger partial charge in [0, 0.05) is 13.1 Å². The molecule has 2 aromatic carbocycles. The van der Waals surface area contributed by atoms with Gasteiger partial charge in [0.2, 0.25) is 0 Å². The van der Waals surface area contributed by atoms with Crippen molar-refractivity contribution in [2.75, 3.05) is 18.0 Å². The Balaban J connectivity index is 1.83. The van der Waals surface area contributed by atoms with E-state index in [0.717, 1.165) is 42.6 Å². The highest BCUT2D eigenvalue weighted by Gasteiger charge is 2.42. The van der Waals surface area contributed by atoms with Crippen LogP contribution < -0.4 is 4.90 Å². The summed E-state index contributed by atoms with van der Waals surface area (Å²) in [4.78, 5) is 30.2. The van der Waals surface area contributed by atoms with Gasteiger partial charge in [0.1, 0.15) is 5.70 Å². The molecule has 0 aliphatic carbocycles. The van der Waals surface area contributed by atoms with Crippen molar-refractivity contribution in [2.24, 2.45) is 0 Å². The van der Waals surface area contributed by atoms with Crippen LogP contribution in [-0.4, -0.2) is 29.8 Å². The summed E-state index contributed by atoms with van der Waals surface area (Å²) in [6.45, 7) is 5.63. The van der Waals surface area contributed by atoms with Gasteiger partial charge in [0.25, 0.3) is 11.8 Å². The summed E-state index contributed by atoms with van der Waals surface area (Å²) in [7, 11) is 0. The highest BCUT2D eigenvalue weighted by molar-refractivity contribution is 6.45. The molecule has 4 heteroatoms. The average molecular weight is 360 g/mol. The fraction of sp³-hybridized carbons (Fsp3) is 0.304. The number of benzene rings is 2. The van der Waals surface area contributed by atoms with Crippen LogP contribution in [0.5, 0.6) is 0 Å². The van der Waals surface area contributed by atoms with Crippen molar-refractivity contribution in [3.8, 4) is 0 Å². The Kier molecular flexibility index (Phi) is 4.56. The molecule has 0 spiro atoms. The standard InChI is InChI=1S/C23H24N2O2/c1-16-9-11-18(12-10-16)20-21(24-13-4-3-5-14-24)23(27)25(22(20)26)19-8-6-7-17(2)15-19/h6-12,15H,3-5,13-14H2,1-2H3. The van der Waals surface area contributed by atoms with Crippen LogP contribution in [0, 0.1) is 13.8 Å². The maximum atomic E-state index is 13.4. The van der Waals surface area contributed by atoms with E-state index in [0.29, 0.717) is 17.0 Å². The van der Waals surface area contributed by atoms with E-state index < -0.39 is 0 Å². The van der Waals surface area contributed by atoms with E-state index >= 15 is 0 Å². The smallest absolute Gasteiger partial charge is 0.282 e. The van der Waals surface area contributed by atoms with Gasteiger partial charge in [0.05, 0.1) is 11.3 Å². The Morgan fingerprint density at radius 3 is 2.15 bits per heavy atom. The molecule has 138 valence electrons. The van der Waals surface area contributed by atoms with E-state index in [2.05, 4.69) is 4.90 Å². The highest BCUT2D eigenvalue weighted by atomic mass is 16.2. The van der Waals surface area contributed by atoms with Gasteiger partial charge in [-0.15, -0.1) is 0 Å². The molecule has 2 aliphatic heterocycles. The van der Waals surface area contributed by atoms with Gasteiger partial charge >= 0.3 is 0 Å². The third kappa shape index (κ3) is 3.16. The van der Waals surface area contributed by atoms with E-state index in [1.807, 2.05) is 62.4 Å². The summed E-state index contributed by atoms with van der Waals surface area (Å²) in [5, 5.41) is 0. The van der Waals surface area contributed by atoms with E-state index in [1.54, 1.807) is 0 Å². The lowest BCUT2D eigenvalue weighted by Crippen LogP contribution is -2.37. The third-order valence-corrected chi connectivity index (χ3v) is 5.33. The summed E-state index contributed by atoms with van der Waals surface area (Å²) in [5.41, 5.74) is 4.70. The molecule has 2 amide bonds. The second kappa shape index (κ2) is 7.03. The van der Waals surface area contributed by atoms with Gasteiger partial charge in [-0.1, -0.05) is 42.0 Å². The molecule has 2 aromatic rings. The van der Waals surface area contributed by atoms with Crippen LogP contribution in [0.1, 0.15) is 36.0 Å². The first-order chi connectivity index (χ1) is 13.1. The molecule has 0 atom stereocenters. The predicted octanol–water partition coefficient (Wildman–Crippen LogP) is 4.07. The largest absolute Gasteiger partial charge is 0.366 e. The summed E-state index contributed by atoms with van der Waals surface area (Å²) >= 11 is 0. The number of carbonyl (C=O) groups is 2. The number of rotatable bonds is 3. The summed E-state index contributed by atoms with van der Waals surface area (Å²) < 4.78 is 0. The first-order valence-electron chi connectivity index (χ1n) is 9.58. The number of nitrogens with zero attached hydrogens (tertiary/aromatic N) is 2. The fourth-order valence-corrected chi connectivity index (χ4v) is 3.91. The van der Waals surface area contributed by atoms with Crippen LogP contribution >= 0.6 is 0 Å². The Morgan fingerprint density at radius 1 is 0.778 bits per heavy atom. The molecule has 0 aromatic heterocycles. The van der Waals surface area contributed by atoms with Crippen LogP contribution in [0.25, 0.3) is 5.57 Å². The number of amides is 2. The van der Waals surface area contributed by atoms with Crippen LogP contribution in [0.3, 0.4) is 0 Å². The number of piperidine rings is 1. The first kappa shape index (κ1) is 17.5. The highest BCUT2D eigenvalue weighted by Crippen LogP contribution is 2.36. The summed E-state index contributed by atoms with van der Waals surface area (Å²) in [5.74, 6) is -0.432. The van der Waals surface area contributed by atoms with E-state index in [9.17, 15) is 9.59 Å². The SMILES string of the molecule is Cc1ccc(C2=C(N3CCCCC3)C(=O)N(c3cccc(C)c3)C2=O)cc1. The van der Waals surface area contributed by atoms with Gasteiger partial charge in [-0.25, -0.2) is 4.90 Å². The van der Waals surface area contributed by atoms with Crippen LogP contribution in [0.15, 0.2) is 54.2 Å². The van der Waals surface area contributed by atoms with Gasteiger partial charge < -0.3 is 4.90 Å². The van der Waals surface area contributed by atoms with E-state index in [-0.39, 0.29) is 11.8 Å². The number of imide groups is 1. The Labute approximate surface area is 160 Å². The zero-order valence-corrected chi connectivity index (χ0v) is 15.9. The number of hydrogen-bond donors (Lipinski definition) is 0. The topological polar surface area (TPSA) is 40.6 Å². The molecular weight excluding hydrogens is 336 g/mol. The molecule has 2 heterocycles. The van der Waals surface area contributed by atoms with Crippen LogP contribution in [0.2, 0.25) is 0 Å². The van der Waals surface area contributed by atoms with Crippen molar-refractivity contribution >= 4 is 23.1 Å². The van der Waals surface area contributed by atoms with Gasteiger partial charge in [-0.05, 0) is 56.4 Å². The molecule has 27 heavy (non-hydrogen) atoms. The predicted molar refractivity (Wildman–Crippen MR) is 107 cm³/mol. The number of anilines is 1. The van der Waals surface area contributed by atoms with E-state index in [4.69, 9.17) is 0 Å². The molecule has 4 rings (SSSR count). The lowest BCUT2D eigenvalue weighted by Gasteiger charge is -2.29. The number of likely N-dealkylation sites (tertiary alicyclic amines) is 1. The first-order valence-corrected chi connectivity index (χ1v) is 9.58. The Bertz CT molecular complexity index is 922. The van der Waals surface area contributed by atoms with Crippen LogP contribution in [0.4, 0.5) is 5.69 Å². The van der Waals surface area contributed by atoms with Gasteiger partial charge in [0.15, 0.2) is 0 Å². The minimum absolute atomic E-state index is 0.205. The van der Waals surface area contributed by atoms with E-state index in [1.165, 1.54) is 11.3 Å². The molecule has 0 saturated carbocycles. The molecule has 2 aliphatic rings. The molecule has 4 nitrogen and oxygen atoms in total. The van der Waals surface area contributed by atoms with Crippen molar-refractivity contribution < 1.29 is 9.59 Å². The van der Waals surface area contributed by atoms with Crippen molar-refractivity contribution in [3.63, 3.8) is 0 Å². The Morgan fingerprint density at radius 2 is 1.48 bits per heavy atom. The molecule has 1 fully saturated rings. The molecular formula is C23H24N2O2. The lowest BCUT2D eigenvalue weighted by atomic mass is 10.0. The minimum atomic E-state index is -0.227. The van der Waals surface area contributed by atoms with Crippen molar-refractivity contribution in [2.45, 2.75) is 33.1 Å². The zero-order valence-electron chi connectivity index (χ0n) is 15.9.